The van der Waals surface area contributed by atoms with E-state index in [2.05, 4.69) is 0 Å². The van der Waals surface area contributed by atoms with Crippen molar-refractivity contribution in [3.63, 3.8) is 0 Å². The molecule has 1 unspecified atom stereocenters. The average molecular weight is 261 g/mol. The number of unbranched alkanes of at least 4 members (excludes halogenated alkanes) is 1. The summed E-state index contributed by atoms with van der Waals surface area (Å²) in [7, 11) is 0. The van der Waals surface area contributed by atoms with Crippen LogP contribution >= 0.6 is 0 Å². The van der Waals surface area contributed by atoms with Gasteiger partial charge in [-0.05, 0) is 12.8 Å². The Hall–Kier alpha value is -1.96. The molecule has 18 heavy (non-hydrogen) atoms. The van der Waals surface area contributed by atoms with E-state index in [4.69, 9.17) is 15.3 Å². The minimum atomic E-state index is -1.11. The molecule has 0 bridgehead atoms. The highest BCUT2D eigenvalue weighted by Gasteiger charge is 2.27. The Morgan fingerprint density at radius 2 is 1.56 bits per heavy atom. The lowest BCUT2D eigenvalue weighted by Gasteiger charge is -1.92. The number of aliphatic hydroxyl groups excluding tert-OH is 1. The predicted octanol–water partition coefficient (Wildman–Crippen LogP) is -0.890. The zero-order chi connectivity index (χ0) is 14.1. The Morgan fingerprint density at radius 3 is 1.72 bits per heavy atom. The van der Waals surface area contributed by atoms with Crippen LogP contribution in [0.15, 0.2) is 0 Å². The predicted molar refractivity (Wildman–Crippen MR) is 57.5 cm³/mol. The summed E-state index contributed by atoms with van der Waals surface area (Å²) in [5.41, 5.74) is 0. The number of hydrogen-bond donors (Lipinski definition) is 4. The summed E-state index contributed by atoms with van der Waals surface area (Å²) in [4.78, 5) is 40.2. The Bertz CT molecular complexity index is 323. The van der Waals surface area contributed by atoms with Crippen LogP contribution < -0.4 is 5.32 Å². The molecule has 1 heterocycles. The van der Waals surface area contributed by atoms with Crippen LogP contribution in [-0.2, 0) is 19.2 Å². The first kappa shape index (κ1) is 16.0. The molecule has 102 valence electrons. The second kappa shape index (κ2) is 8.18. The molecule has 0 aliphatic carbocycles. The van der Waals surface area contributed by atoms with Gasteiger partial charge in [-0.25, -0.2) is 0 Å². The first-order valence-corrected chi connectivity index (χ1v) is 5.28. The van der Waals surface area contributed by atoms with Gasteiger partial charge in [0, 0.05) is 12.8 Å². The van der Waals surface area contributed by atoms with Crippen LogP contribution in [0.25, 0.3) is 0 Å². The van der Waals surface area contributed by atoms with Gasteiger partial charge in [0.1, 0.15) is 6.10 Å². The van der Waals surface area contributed by atoms with Gasteiger partial charge in [-0.1, -0.05) is 0 Å². The van der Waals surface area contributed by atoms with E-state index >= 15 is 0 Å². The average Bonchev–Trinajstić information content (AvgIpc) is 2.52. The maximum atomic E-state index is 10.2. The van der Waals surface area contributed by atoms with Gasteiger partial charge >= 0.3 is 11.9 Å². The lowest BCUT2D eigenvalue weighted by atomic mass is 10.2. The van der Waals surface area contributed by atoms with E-state index in [9.17, 15) is 19.2 Å². The first-order chi connectivity index (χ1) is 8.32. The summed E-state index contributed by atoms with van der Waals surface area (Å²) in [5.74, 6) is -2.73. The normalized spacial score (nSPS) is 17.7. The molecular formula is C10H15NO7. The van der Waals surface area contributed by atoms with Crippen molar-refractivity contribution in [3.05, 3.63) is 0 Å². The molecule has 0 aromatic carbocycles. The minimum Gasteiger partial charge on any atom is -0.481 e. The number of imide groups is 1. The van der Waals surface area contributed by atoms with Gasteiger partial charge in [-0.15, -0.1) is 0 Å². The second-order valence-corrected chi connectivity index (χ2v) is 3.63. The highest BCUT2D eigenvalue weighted by atomic mass is 16.4. The third-order valence-electron chi connectivity index (χ3n) is 1.98. The van der Waals surface area contributed by atoms with Crippen LogP contribution in [0.1, 0.15) is 32.1 Å². The number of carbonyl (C=O) groups is 4. The number of amides is 2. The number of hydrogen-bond acceptors (Lipinski definition) is 5. The summed E-state index contributed by atoms with van der Waals surface area (Å²) in [5, 5.41) is 26.7. The molecule has 1 atom stereocenters. The molecule has 8 heteroatoms. The smallest absolute Gasteiger partial charge is 0.303 e. The highest BCUT2D eigenvalue weighted by molar-refractivity contribution is 6.04. The van der Waals surface area contributed by atoms with Crippen molar-refractivity contribution < 1.29 is 34.5 Å². The minimum absolute atomic E-state index is 0.0628. The first-order valence-electron chi connectivity index (χ1n) is 5.28. The largest absolute Gasteiger partial charge is 0.481 e. The molecule has 2 amide bonds. The van der Waals surface area contributed by atoms with E-state index in [1.165, 1.54) is 0 Å². The zero-order valence-electron chi connectivity index (χ0n) is 9.59. The van der Waals surface area contributed by atoms with Gasteiger partial charge in [0.15, 0.2) is 0 Å². The summed E-state index contributed by atoms with van der Waals surface area (Å²) >= 11 is 0. The number of rotatable bonds is 5. The van der Waals surface area contributed by atoms with Gasteiger partial charge in [-0.2, -0.15) is 0 Å². The lowest BCUT2D eigenvalue weighted by molar-refractivity contribution is -0.139. The third-order valence-corrected chi connectivity index (χ3v) is 1.98. The number of carboxylic acids is 2. The monoisotopic (exact) mass is 261 g/mol. The Labute approximate surface area is 103 Å². The fourth-order valence-corrected chi connectivity index (χ4v) is 1.09. The molecule has 0 radical (unpaired) electrons. The van der Waals surface area contributed by atoms with Crippen LogP contribution in [0, 0.1) is 0 Å². The van der Waals surface area contributed by atoms with Crippen molar-refractivity contribution in [2.45, 2.75) is 38.2 Å². The van der Waals surface area contributed by atoms with Gasteiger partial charge in [0.2, 0.25) is 5.91 Å². The molecule has 0 aromatic heterocycles. The summed E-state index contributed by atoms with van der Waals surface area (Å²) < 4.78 is 0. The molecular weight excluding hydrogens is 246 g/mol. The molecule has 0 saturated carbocycles. The number of aliphatic hydroxyl groups is 1. The Kier molecular flexibility index (Phi) is 7.29. The van der Waals surface area contributed by atoms with Crippen LogP contribution in [-0.4, -0.2) is 45.2 Å². The van der Waals surface area contributed by atoms with E-state index in [0.717, 1.165) is 0 Å². The van der Waals surface area contributed by atoms with Crippen molar-refractivity contribution in [1.29, 1.82) is 0 Å². The molecule has 8 nitrogen and oxygen atoms in total. The summed E-state index contributed by atoms with van der Waals surface area (Å²) in [6.45, 7) is 0. The van der Waals surface area contributed by atoms with Crippen LogP contribution in [0.5, 0.6) is 0 Å². The molecule has 1 aliphatic rings. The summed E-state index contributed by atoms with van der Waals surface area (Å²) in [6, 6.07) is 0. The molecule has 4 N–H and O–H groups in total. The quantitative estimate of drug-likeness (QED) is 0.371. The van der Waals surface area contributed by atoms with Crippen molar-refractivity contribution in [2.24, 2.45) is 0 Å². The third kappa shape index (κ3) is 8.22. The van der Waals surface area contributed by atoms with Crippen molar-refractivity contribution >= 4 is 23.8 Å². The summed E-state index contributed by atoms with van der Waals surface area (Å²) in [6.07, 6.45) is -0.176. The number of carboxylic acid groups (broad SMARTS) is 2. The van der Waals surface area contributed by atoms with Gasteiger partial charge in [-0.3, -0.25) is 24.5 Å². The van der Waals surface area contributed by atoms with E-state index < -0.39 is 29.9 Å². The molecule has 0 spiro atoms. The van der Waals surface area contributed by atoms with Gasteiger partial charge in [0.05, 0.1) is 6.42 Å². The lowest BCUT2D eigenvalue weighted by Crippen LogP contribution is -2.24. The van der Waals surface area contributed by atoms with Crippen LogP contribution in [0.3, 0.4) is 0 Å². The SMILES string of the molecule is O=C(O)CCCCC(=O)O.O=C1CC(O)C(=O)N1. The fraction of sp³-hybridized carbons (Fsp3) is 0.600. The van der Waals surface area contributed by atoms with Crippen LogP contribution in [0.2, 0.25) is 0 Å². The highest BCUT2D eigenvalue weighted by Crippen LogP contribution is 1.99. The van der Waals surface area contributed by atoms with Gasteiger partial charge in [0.25, 0.3) is 5.91 Å². The second-order valence-electron chi connectivity index (χ2n) is 3.63. The van der Waals surface area contributed by atoms with Crippen molar-refractivity contribution in [1.82, 2.24) is 5.32 Å². The van der Waals surface area contributed by atoms with Gasteiger partial charge < -0.3 is 15.3 Å². The topological polar surface area (TPSA) is 141 Å². The van der Waals surface area contributed by atoms with E-state index in [1.807, 2.05) is 5.32 Å². The van der Waals surface area contributed by atoms with E-state index in [1.54, 1.807) is 0 Å². The molecule has 1 aliphatic heterocycles. The maximum absolute atomic E-state index is 10.2. The molecule has 1 saturated heterocycles. The van der Waals surface area contributed by atoms with E-state index in [0.29, 0.717) is 12.8 Å². The Morgan fingerprint density at radius 1 is 1.11 bits per heavy atom. The molecule has 1 rings (SSSR count). The zero-order valence-corrected chi connectivity index (χ0v) is 9.59. The van der Waals surface area contributed by atoms with Crippen LogP contribution in [0.4, 0.5) is 0 Å². The maximum Gasteiger partial charge on any atom is 0.303 e. The fourth-order valence-electron chi connectivity index (χ4n) is 1.09. The number of nitrogens with one attached hydrogen (secondary N) is 1. The van der Waals surface area contributed by atoms with E-state index in [-0.39, 0.29) is 19.3 Å². The molecule has 0 aromatic rings. The number of aliphatic carboxylic acids is 2. The standard InChI is InChI=1S/C6H10O4.C4H5NO3/c7-5(8)3-1-2-4-6(9)10;6-2-1-3(7)5-4(2)8/h1-4H2,(H,7,8)(H,9,10);2,6H,1H2,(H,5,7,8). The molecule has 1 fully saturated rings. The number of carbonyl (C=O) groups excluding carboxylic acids is 2. The van der Waals surface area contributed by atoms with Crippen molar-refractivity contribution in [2.75, 3.05) is 0 Å². The Balaban J connectivity index is 0.000000327. The van der Waals surface area contributed by atoms with Crippen molar-refractivity contribution in [3.8, 4) is 0 Å².